The predicted molar refractivity (Wildman–Crippen MR) is 74.1 cm³/mol. The number of fused-ring (bicyclic) bond motifs is 1. The quantitative estimate of drug-likeness (QED) is 0.803. The van der Waals surface area contributed by atoms with E-state index in [1.54, 1.807) is 0 Å². The van der Waals surface area contributed by atoms with Gasteiger partial charge in [0.2, 0.25) is 0 Å². The second-order valence-corrected chi connectivity index (χ2v) is 6.33. The van der Waals surface area contributed by atoms with Crippen LogP contribution in [0.1, 0.15) is 24.8 Å². The summed E-state index contributed by atoms with van der Waals surface area (Å²) in [4.78, 5) is 11.5. The molecule has 0 amide bonds. The summed E-state index contributed by atoms with van der Waals surface area (Å²) >= 11 is 3.41. The van der Waals surface area contributed by atoms with Gasteiger partial charge in [0.15, 0.2) is 0 Å². The standard InChI is InChI=1S/C14H16BrNO3/c15-10-2-3-12-11(6-10)14(16,8-17)7-13(19-12)4-1-5-18-9-13/h2-3,6,8H,1,4-5,7,9,16H2. The third-order valence-corrected chi connectivity index (χ3v) is 4.37. The molecule has 1 fully saturated rings. The number of nitrogens with two attached hydrogens (primary N) is 1. The van der Waals surface area contributed by atoms with Crippen molar-refractivity contribution in [1.82, 2.24) is 0 Å². The highest BCUT2D eigenvalue weighted by atomic mass is 79.9. The molecule has 0 saturated carbocycles. The van der Waals surface area contributed by atoms with Crippen molar-refractivity contribution in [3.05, 3.63) is 28.2 Å². The van der Waals surface area contributed by atoms with Crippen LogP contribution < -0.4 is 10.5 Å². The van der Waals surface area contributed by atoms with Crippen LogP contribution in [0.2, 0.25) is 0 Å². The molecule has 2 N–H and O–H groups in total. The van der Waals surface area contributed by atoms with E-state index in [-0.39, 0.29) is 0 Å². The van der Waals surface area contributed by atoms with E-state index < -0.39 is 11.1 Å². The number of hydrogen-bond acceptors (Lipinski definition) is 4. The van der Waals surface area contributed by atoms with Crippen LogP contribution in [0.3, 0.4) is 0 Å². The maximum absolute atomic E-state index is 11.5. The highest BCUT2D eigenvalue weighted by Gasteiger charge is 2.48. The summed E-state index contributed by atoms with van der Waals surface area (Å²) in [5.41, 5.74) is 5.60. The molecule has 0 radical (unpaired) electrons. The van der Waals surface area contributed by atoms with E-state index in [9.17, 15) is 4.79 Å². The normalized spacial score (nSPS) is 33.6. The molecule has 102 valence electrons. The Kier molecular flexibility index (Phi) is 3.15. The Bertz CT molecular complexity index is 513. The van der Waals surface area contributed by atoms with E-state index in [0.29, 0.717) is 18.8 Å². The molecule has 0 aromatic heterocycles. The molecule has 2 aliphatic rings. The number of rotatable bonds is 1. The third-order valence-electron chi connectivity index (χ3n) is 3.88. The molecule has 1 spiro atoms. The molecule has 3 rings (SSSR count). The SMILES string of the molecule is NC1(C=O)CC2(CCCOC2)Oc2ccc(Br)cc21. The van der Waals surface area contributed by atoms with E-state index in [0.717, 1.165) is 35.8 Å². The summed E-state index contributed by atoms with van der Waals surface area (Å²) in [6.07, 6.45) is 3.10. The molecule has 2 heterocycles. The van der Waals surface area contributed by atoms with Gasteiger partial charge in [-0.1, -0.05) is 15.9 Å². The van der Waals surface area contributed by atoms with Gasteiger partial charge < -0.3 is 20.0 Å². The number of hydrogen-bond donors (Lipinski definition) is 1. The molecule has 0 bridgehead atoms. The van der Waals surface area contributed by atoms with Crippen molar-refractivity contribution in [2.45, 2.75) is 30.4 Å². The molecular formula is C14H16BrNO3. The molecule has 1 aromatic rings. The fraction of sp³-hybridized carbons (Fsp3) is 0.500. The molecule has 0 aliphatic carbocycles. The van der Waals surface area contributed by atoms with Crippen LogP contribution in [0.5, 0.6) is 5.75 Å². The summed E-state index contributed by atoms with van der Waals surface area (Å²) in [6.45, 7) is 1.24. The van der Waals surface area contributed by atoms with Gasteiger partial charge in [-0.2, -0.15) is 0 Å². The smallest absolute Gasteiger partial charge is 0.144 e. The van der Waals surface area contributed by atoms with E-state index >= 15 is 0 Å². The van der Waals surface area contributed by atoms with E-state index in [1.807, 2.05) is 18.2 Å². The van der Waals surface area contributed by atoms with Crippen molar-refractivity contribution < 1.29 is 14.3 Å². The zero-order valence-corrected chi connectivity index (χ0v) is 12.1. The second kappa shape index (κ2) is 4.58. The summed E-state index contributed by atoms with van der Waals surface area (Å²) in [5, 5.41) is 0. The lowest BCUT2D eigenvalue weighted by atomic mass is 9.76. The third kappa shape index (κ3) is 2.20. The summed E-state index contributed by atoms with van der Waals surface area (Å²) in [6, 6.07) is 5.62. The number of halogens is 1. The number of ether oxygens (including phenoxy) is 2. The van der Waals surface area contributed by atoms with Gasteiger partial charge in [-0.3, -0.25) is 0 Å². The Hall–Kier alpha value is -0.910. The summed E-state index contributed by atoms with van der Waals surface area (Å²) in [5.74, 6) is 0.689. The van der Waals surface area contributed by atoms with E-state index in [1.165, 1.54) is 0 Å². The van der Waals surface area contributed by atoms with Gasteiger partial charge in [-0.15, -0.1) is 0 Å². The molecule has 1 aromatic carbocycles. The Labute approximate surface area is 120 Å². The van der Waals surface area contributed by atoms with Crippen LogP contribution in [-0.2, 0) is 15.1 Å². The number of carbonyl (C=O) groups is 1. The highest BCUT2D eigenvalue weighted by Crippen LogP contribution is 2.45. The largest absolute Gasteiger partial charge is 0.484 e. The lowest BCUT2D eigenvalue weighted by Gasteiger charge is -2.46. The summed E-state index contributed by atoms with van der Waals surface area (Å²) in [7, 11) is 0. The Balaban J connectivity index is 2.07. The van der Waals surface area contributed by atoms with E-state index in [2.05, 4.69) is 15.9 Å². The first kappa shape index (κ1) is 13.1. The van der Waals surface area contributed by atoms with Crippen LogP contribution in [0.15, 0.2) is 22.7 Å². The minimum absolute atomic E-state index is 0.464. The lowest BCUT2D eigenvalue weighted by Crippen LogP contribution is -2.56. The van der Waals surface area contributed by atoms with Gasteiger partial charge >= 0.3 is 0 Å². The van der Waals surface area contributed by atoms with Crippen LogP contribution in [-0.4, -0.2) is 25.1 Å². The van der Waals surface area contributed by atoms with E-state index in [4.69, 9.17) is 15.2 Å². The topological polar surface area (TPSA) is 61.6 Å². The van der Waals surface area contributed by atoms with Gasteiger partial charge in [0.05, 0.1) is 6.61 Å². The van der Waals surface area contributed by atoms with Crippen molar-refractivity contribution in [3.63, 3.8) is 0 Å². The minimum Gasteiger partial charge on any atom is -0.484 e. The monoisotopic (exact) mass is 325 g/mol. The lowest BCUT2D eigenvalue weighted by molar-refractivity contribution is -0.123. The van der Waals surface area contributed by atoms with Crippen LogP contribution in [0.4, 0.5) is 0 Å². The van der Waals surface area contributed by atoms with Crippen molar-refractivity contribution in [3.8, 4) is 5.75 Å². The van der Waals surface area contributed by atoms with Crippen molar-refractivity contribution in [2.24, 2.45) is 5.73 Å². The molecule has 2 atom stereocenters. The van der Waals surface area contributed by atoms with Crippen LogP contribution in [0, 0.1) is 0 Å². The van der Waals surface area contributed by atoms with Gasteiger partial charge in [0, 0.05) is 23.1 Å². The fourth-order valence-electron chi connectivity index (χ4n) is 3.00. The molecule has 2 aliphatic heterocycles. The zero-order valence-electron chi connectivity index (χ0n) is 10.5. The average molecular weight is 326 g/mol. The second-order valence-electron chi connectivity index (χ2n) is 5.42. The molecule has 2 unspecified atom stereocenters. The minimum atomic E-state index is -1.00. The van der Waals surface area contributed by atoms with Gasteiger partial charge in [-0.05, 0) is 31.0 Å². The molecule has 5 heteroatoms. The first-order valence-electron chi connectivity index (χ1n) is 6.39. The number of carbonyl (C=O) groups excluding carboxylic acids is 1. The Morgan fingerprint density at radius 1 is 1.42 bits per heavy atom. The molecular weight excluding hydrogens is 310 g/mol. The maximum atomic E-state index is 11.5. The zero-order chi connectivity index (χ0) is 13.5. The fourth-order valence-corrected chi connectivity index (χ4v) is 3.37. The van der Waals surface area contributed by atoms with Crippen molar-refractivity contribution in [2.75, 3.05) is 13.2 Å². The number of benzene rings is 1. The van der Waals surface area contributed by atoms with Gasteiger partial charge in [-0.25, -0.2) is 0 Å². The molecule has 19 heavy (non-hydrogen) atoms. The Morgan fingerprint density at radius 2 is 2.26 bits per heavy atom. The Morgan fingerprint density at radius 3 is 2.95 bits per heavy atom. The first-order chi connectivity index (χ1) is 9.07. The van der Waals surface area contributed by atoms with Crippen LogP contribution in [0.25, 0.3) is 0 Å². The van der Waals surface area contributed by atoms with Gasteiger partial charge in [0.1, 0.15) is 23.2 Å². The van der Waals surface area contributed by atoms with Crippen LogP contribution >= 0.6 is 15.9 Å². The summed E-state index contributed by atoms with van der Waals surface area (Å²) < 4.78 is 12.6. The number of aldehydes is 1. The van der Waals surface area contributed by atoms with Crippen molar-refractivity contribution >= 4 is 22.2 Å². The highest BCUT2D eigenvalue weighted by molar-refractivity contribution is 9.10. The maximum Gasteiger partial charge on any atom is 0.144 e. The van der Waals surface area contributed by atoms with Crippen molar-refractivity contribution in [1.29, 1.82) is 0 Å². The molecule has 1 saturated heterocycles. The molecule has 4 nitrogen and oxygen atoms in total. The first-order valence-corrected chi connectivity index (χ1v) is 7.18. The van der Waals surface area contributed by atoms with Gasteiger partial charge in [0.25, 0.3) is 0 Å². The predicted octanol–water partition coefficient (Wildman–Crippen LogP) is 2.13. The average Bonchev–Trinajstić information content (AvgIpc) is 2.41.